The maximum absolute atomic E-state index is 10.1. The third kappa shape index (κ3) is 1.80. The van der Waals surface area contributed by atoms with Crippen LogP contribution in [0.15, 0.2) is 24.2 Å². The van der Waals surface area contributed by atoms with E-state index in [0.29, 0.717) is 6.42 Å². The maximum Gasteiger partial charge on any atom is 0.254 e. The van der Waals surface area contributed by atoms with Crippen molar-refractivity contribution in [3.63, 3.8) is 0 Å². The minimum atomic E-state index is -0.412. The van der Waals surface area contributed by atoms with Crippen LogP contribution < -0.4 is 0 Å². The third-order valence-electron chi connectivity index (χ3n) is 1.58. The molecule has 0 saturated carbocycles. The monoisotopic (exact) mass is 154 g/mol. The van der Waals surface area contributed by atoms with E-state index in [1.54, 1.807) is 0 Å². The molecule has 4 heteroatoms. The van der Waals surface area contributed by atoms with Crippen LogP contribution in [0, 0.1) is 10.1 Å². The van der Waals surface area contributed by atoms with Crippen molar-refractivity contribution in [1.29, 1.82) is 0 Å². The van der Waals surface area contributed by atoms with Gasteiger partial charge in [-0.05, 0) is 6.92 Å². The van der Waals surface area contributed by atoms with Crippen molar-refractivity contribution in [2.75, 3.05) is 6.54 Å². The maximum atomic E-state index is 10.1. The van der Waals surface area contributed by atoms with Gasteiger partial charge in [-0.25, -0.2) is 0 Å². The molecule has 0 radical (unpaired) electrons. The first kappa shape index (κ1) is 7.78. The van der Waals surface area contributed by atoms with Crippen LogP contribution in [0.4, 0.5) is 0 Å². The highest BCUT2D eigenvalue weighted by Crippen LogP contribution is 2.16. The van der Waals surface area contributed by atoms with Gasteiger partial charge in [0.2, 0.25) is 0 Å². The summed E-state index contributed by atoms with van der Waals surface area (Å²) in [6, 6.07) is 0. The Morgan fingerprint density at radius 1 is 1.91 bits per heavy atom. The van der Waals surface area contributed by atoms with E-state index >= 15 is 0 Å². The Kier molecular flexibility index (Phi) is 2.25. The molecule has 0 aliphatic carbocycles. The SMILES string of the molecule is CCN1C=CCC1=C[N+](=O)[O-]. The fourth-order valence-corrected chi connectivity index (χ4v) is 1.07. The Morgan fingerprint density at radius 2 is 2.64 bits per heavy atom. The van der Waals surface area contributed by atoms with Gasteiger partial charge in [0.05, 0.1) is 10.6 Å². The molecule has 11 heavy (non-hydrogen) atoms. The Bertz CT molecular complexity index is 220. The van der Waals surface area contributed by atoms with Crippen LogP contribution in [-0.2, 0) is 0 Å². The average molecular weight is 154 g/mol. The number of allylic oxidation sites excluding steroid dienone is 1. The van der Waals surface area contributed by atoms with Crippen molar-refractivity contribution in [3.05, 3.63) is 34.3 Å². The molecule has 0 unspecified atom stereocenters. The zero-order valence-corrected chi connectivity index (χ0v) is 6.36. The Labute approximate surface area is 65.0 Å². The zero-order valence-electron chi connectivity index (χ0n) is 6.36. The summed E-state index contributed by atoms with van der Waals surface area (Å²) in [5.41, 5.74) is 0.762. The van der Waals surface area contributed by atoms with Crippen LogP contribution in [0.2, 0.25) is 0 Å². The molecule has 0 atom stereocenters. The van der Waals surface area contributed by atoms with Gasteiger partial charge in [-0.2, -0.15) is 0 Å². The van der Waals surface area contributed by atoms with E-state index in [1.807, 2.05) is 24.1 Å². The van der Waals surface area contributed by atoms with Gasteiger partial charge < -0.3 is 4.90 Å². The van der Waals surface area contributed by atoms with Crippen LogP contribution in [0.3, 0.4) is 0 Å². The topological polar surface area (TPSA) is 46.4 Å². The van der Waals surface area contributed by atoms with E-state index in [9.17, 15) is 10.1 Å². The van der Waals surface area contributed by atoms with Gasteiger partial charge in [-0.15, -0.1) is 0 Å². The molecule has 1 aliphatic heterocycles. The van der Waals surface area contributed by atoms with Gasteiger partial charge in [0.25, 0.3) is 6.20 Å². The average Bonchev–Trinajstić information content (AvgIpc) is 2.34. The molecule has 4 nitrogen and oxygen atoms in total. The molecule has 1 aliphatic rings. The molecule has 0 amide bonds. The minimum absolute atomic E-state index is 0.412. The first-order valence-corrected chi connectivity index (χ1v) is 3.51. The van der Waals surface area contributed by atoms with Crippen LogP contribution in [0.1, 0.15) is 13.3 Å². The summed E-state index contributed by atoms with van der Waals surface area (Å²) in [4.78, 5) is 11.5. The van der Waals surface area contributed by atoms with E-state index < -0.39 is 4.92 Å². The van der Waals surface area contributed by atoms with Crippen molar-refractivity contribution in [1.82, 2.24) is 4.90 Å². The van der Waals surface area contributed by atoms with E-state index in [0.717, 1.165) is 18.4 Å². The molecule has 0 fully saturated rings. The molecule has 0 N–H and O–H groups in total. The summed E-state index contributed by atoms with van der Waals surface area (Å²) < 4.78 is 0. The van der Waals surface area contributed by atoms with Gasteiger partial charge in [-0.1, -0.05) is 6.08 Å². The Hall–Kier alpha value is -1.32. The van der Waals surface area contributed by atoms with E-state index in [-0.39, 0.29) is 0 Å². The number of hydrogen-bond acceptors (Lipinski definition) is 3. The summed E-state index contributed by atoms with van der Waals surface area (Å²) in [6.07, 6.45) is 5.52. The van der Waals surface area contributed by atoms with E-state index in [1.165, 1.54) is 0 Å². The lowest BCUT2D eigenvalue weighted by atomic mass is 10.3. The second kappa shape index (κ2) is 3.18. The molecule has 0 aromatic heterocycles. The summed E-state index contributed by atoms with van der Waals surface area (Å²) in [5.74, 6) is 0. The summed E-state index contributed by atoms with van der Waals surface area (Å²) in [6.45, 7) is 2.75. The number of rotatable bonds is 2. The highest BCUT2D eigenvalue weighted by molar-refractivity contribution is 5.13. The highest BCUT2D eigenvalue weighted by atomic mass is 16.6. The van der Waals surface area contributed by atoms with Gasteiger partial charge in [0.15, 0.2) is 0 Å². The lowest BCUT2D eigenvalue weighted by Gasteiger charge is -2.12. The van der Waals surface area contributed by atoms with Gasteiger partial charge in [0, 0.05) is 19.2 Å². The number of hydrogen-bond donors (Lipinski definition) is 0. The second-order valence-electron chi connectivity index (χ2n) is 2.28. The molecule has 60 valence electrons. The van der Waals surface area contributed by atoms with Crippen molar-refractivity contribution >= 4 is 0 Å². The van der Waals surface area contributed by atoms with E-state index in [4.69, 9.17) is 0 Å². The number of nitro groups is 1. The Morgan fingerprint density at radius 3 is 3.18 bits per heavy atom. The van der Waals surface area contributed by atoms with Crippen molar-refractivity contribution in [2.24, 2.45) is 0 Å². The fraction of sp³-hybridized carbons (Fsp3) is 0.429. The lowest BCUT2D eigenvalue weighted by molar-refractivity contribution is -0.404. The molecule has 0 aromatic rings. The Balaban J connectivity index is 2.67. The fourth-order valence-electron chi connectivity index (χ4n) is 1.07. The quantitative estimate of drug-likeness (QED) is 0.445. The predicted molar refractivity (Wildman–Crippen MR) is 41.2 cm³/mol. The van der Waals surface area contributed by atoms with Crippen molar-refractivity contribution < 1.29 is 4.92 Å². The lowest BCUT2D eigenvalue weighted by Crippen LogP contribution is -2.12. The molecule has 0 aromatic carbocycles. The zero-order chi connectivity index (χ0) is 8.27. The largest absolute Gasteiger partial charge is 0.347 e. The first-order chi connectivity index (χ1) is 5.24. The molecular weight excluding hydrogens is 144 g/mol. The molecular formula is C7H10N2O2. The van der Waals surface area contributed by atoms with Crippen LogP contribution >= 0.6 is 0 Å². The summed E-state index contributed by atoms with van der Waals surface area (Å²) in [5, 5.41) is 10.1. The van der Waals surface area contributed by atoms with Crippen molar-refractivity contribution in [3.8, 4) is 0 Å². The van der Waals surface area contributed by atoms with Gasteiger partial charge in [0.1, 0.15) is 0 Å². The van der Waals surface area contributed by atoms with Crippen LogP contribution in [0.25, 0.3) is 0 Å². The minimum Gasteiger partial charge on any atom is -0.347 e. The number of nitrogens with zero attached hydrogens (tertiary/aromatic N) is 2. The van der Waals surface area contributed by atoms with Crippen LogP contribution in [-0.4, -0.2) is 16.4 Å². The molecule has 1 heterocycles. The smallest absolute Gasteiger partial charge is 0.254 e. The van der Waals surface area contributed by atoms with E-state index in [2.05, 4.69) is 0 Å². The second-order valence-corrected chi connectivity index (χ2v) is 2.28. The normalized spacial score (nSPS) is 19.7. The van der Waals surface area contributed by atoms with Gasteiger partial charge in [-0.3, -0.25) is 10.1 Å². The molecule has 0 bridgehead atoms. The molecule has 0 saturated heterocycles. The molecule has 1 rings (SSSR count). The summed E-state index contributed by atoms with van der Waals surface area (Å²) >= 11 is 0. The predicted octanol–water partition coefficient (Wildman–Crippen LogP) is 1.34. The van der Waals surface area contributed by atoms with Crippen LogP contribution in [0.5, 0.6) is 0 Å². The summed E-state index contributed by atoms with van der Waals surface area (Å²) in [7, 11) is 0. The van der Waals surface area contributed by atoms with Gasteiger partial charge >= 0.3 is 0 Å². The highest BCUT2D eigenvalue weighted by Gasteiger charge is 2.12. The third-order valence-corrected chi connectivity index (χ3v) is 1.58. The first-order valence-electron chi connectivity index (χ1n) is 3.51. The van der Waals surface area contributed by atoms with Crippen molar-refractivity contribution in [2.45, 2.75) is 13.3 Å². The molecule has 0 spiro atoms. The standard InChI is InChI=1S/C7H10N2O2/c1-2-8-5-3-4-7(8)6-9(10)11/h3,5-6H,2,4H2,1H3.